The fourth-order valence-electron chi connectivity index (χ4n) is 3.51. The van der Waals surface area contributed by atoms with Gasteiger partial charge in [0.05, 0.1) is 24.3 Å². The van der Waals surface area contributed by atoms with E-state index in [0.717, 1.165) is 9.80 Å². The molecule has 0 saturated carbocycles. The van der Waals surface area contributed by atoms with E-state index in [-0.39, 0.29) is 37.2 Å². The van der Waals surface area contributed by atoms with E-state index in [1.165, 1.54) is 12.1 Å². The number of carbonyl (C=O) groups is 5. The van der Waals surface area contributed by atoms with Gasteiger partial charge in [0.1, 0.15) is 11.5 Å². The van der Waals surface area contributed by atoms with Crippen LogP contribution in [0.1, 0.15) is 40.5 Å². The maximum Gasteiger partial charge on any atom is 0.318 e. The fourth-order valence-corrected chi connectivity index (χ4v) is 3.51. The molecule has 1 atom stereocenters. The summed E-state index contributed by atoms with van der Waals surface area (Å²) < 4.78 is 10.1. The molecule has 3 heterocycles. The average molecular weight is 386 g/mol. The normalized spacial score (nSPS) is 23.5. The molecule has 3 aliphatic rings. The van der Waals surface area contributed by atoms with Crippen molar-refractivity contribution in [3.63, 3.8) is 0 Å². The van der Waals surface area contributed by atoms with Crippen LogP contribution in [0.15, 0.2) is 24.3 Å². The van der Waals surface area contributed by atoms with Crippen molar-refractivity contribution in [2.45, 2.75) is 25.8 Å². The first-order valence-electron chi connectivity index (χ1n) is 8.89. The van der Waals surface area contributed by atoms with Gasteiger partial charge in [-0.05, 0) is 25.5 Å². The molecule has 4 amide bonds. The van der Waals surface area contributed by atoms with Crippen molar-refractivity contribution >= 4 is 29.6 Å². The molecule has 0 radical (unpaired) electrons. The number of likely N-dealkylation sites (tertiary alicyclic amines) is 1. The van der Waals surface area contributed by atoms with E-state index in [4.69, 9.17) is 9.47 Å². The van der Waals surface area contributed by atoms with Crippen LogP contribution in [0.25, 0.3) is 0 Å². The molecular weight excluding hydrogens is 368 g/mol. The number of carbonyl (C=O) groups excluding carboxylic acids is 5. The Labute approximate surface area is 160 Å². The lowest BCUT2D eigenvalue weighted by Gasteiger charge is -2.37. The van der Waals surface area contributed by atoms with Gasteiger partial charge >= 0.3 is 5.97 Å². The van der Waals surface area contributed by atoms with Crippen LogP contribution in [0, 0.1) is 5.41 Å². The SMILES string of the molecule is CC1(C(=O)OCN2C(=O)CCC(N3C(=O)c4ccccc4C3=O)C2=O)COC1. The van der Waals surface area contributed by atoms with Gasteiger partial charge in [0.2, 0.25) is 5.91 Å². The largest absolute Gasteiger partial charge is 0.443 e. The minimum absolute atomic E-state index is 0.0399. The van der Waals surface area contributed by atoms with Crippen LogP contribution < -0.4 is 0 Å². The number of rotatable bonds is 4. The van der Waals surface area contributed by atoms with Crippen LogP contribution in [0.5, 0.6) is 0 Å². The number of imide groups is 2. The second-order valence-corrected chi connectivity index (χ2v) is 7.35. The van der Waals surface area contributed by atoms with Gasteiger partial charge in [0, 0.05) is 6.42 Å². The monoisotopic (exact) mass is 386 g/mol. The summed E-state index contributed by atoms with van der Waals surface area (Å²) >= 11 is 0. The zero-order valence-electron chi connectivity index (χ0n) is 15.2. The zero-order valence-corrected chi connectivity index (χ0v) is 15.2. The van der Waals surface area contributed by atoms with E-state index >= 15 is 0 Å². The third-order valence-corrected chi connectivity index (χ3v) is 5.28. The first kappa shape index (κ1) is 18.3. The van der Waals surface area contributed by atoms with Gasteiger partial charge < -0.3 is 9.47 Å². The average Bonchev–Trinajstić information content (AvgIpc) is 2.91. The van der Waals surface area contributed by atoms with Gasteiger partial charge in [0.25, 0.3) is 17.7 Å². The van der Waals surface area contributed by atoms with Crippen LogP contribution in [0.3, 0.4) is 0 Å². The molecule has 1 unspecified atom stereocenters. The first-order chi connectivity index (χ1) is 13.3. The molecule has 9 nitrogen and oxygen atoms in total. The molecule has 0 bridgehead atoms. The van der Waals surface area contributed by atoms with E-state index in [9.17, 15) is 24.0 Å². The highest BCUT2D eigenvalue weighted by Crippen LogP contribution is 2.30. The molecular formula is C19H18N2O7. The highest BCUT2D eigenvalue weighted by molar-refractivity contribution is 6.23. The van der Waals surface area contributed by atoms with Crippen molar-refractivity contribution in [1.29, 1.82) is 0 Å². The second-order valence-electron chi connectivity index (χ2n) is 7.35. The number of ether oxygens (including phenoxy) is 2. The van der Waals surface area contributed by atoms with Crippen LogP contribution in [0.4, 0.5) is 0 Å². The molecule has 1 aromatic rings. The Morgan fingerprint density at radius 2 is 1.75 bits per heavy atom. The minimum Gasteiger partial charge on any atom is -0.443 e. The molecule has 0 spiro atoms. The molecule has 2 saturated heterocycles. The van der Waals surface area contributed by atoms with Gasteiger partial charge in [-0.2, -0.15) is 0 Å². The van der Waals surface area contributed by atoms with Crippen LogP contribution in [-0.4, -0.2) is 65.4 Å². The van der Waals surface area contributed by atoms with Gasteiger partial charge in [-0.25, -0.2) is 4.90 Å². The highest BCUT2D eigenvalue weighted by atomic mass is 16.6. The van der Waals surface area contributed by atoms with Gasteiger partial charge in [-0.3, -0.25) is 28.9 Å². The molecule has 1 aromatic carbocycles. The van der Waals surface area contributed by atoms with Crippen molar-refractivity contribution in [3.8, 4) is 0 Å². The summed E-state index contributed by atoms with van der Waals surface area (Å²) in [5, 5.41) is 0. The quantitative estimate of drug-likeness (QED) is 0.542. The molecule has 4 rings (SSSR count). The number of hydrogen-bond donors (Lipinski definition) is 0. The summed E-state index contributed by atoms with van der Waals surface area (Å²) in [5.74, 6) is -2.94. The van der Waals surface area contributed by atoms with Crippen molar-refractivity contribution in [2.75, 3.05) is 19.9 Å². The Hall–Kier alpha value is -3.07. The van der Waals surface area contributed by atoms with E-state index in [2.05, 4.69) is 0 Å². The lowest BCUT2D eigenvalue weighted by atomic mass is 9.89. The van der Waals surface area contributed by atoms with E-state index in [1.807, 2.05) is 0 Å². The number of hydrogen-bond acceptors (Lipinski definition) is 7. The molecule has 146 valence electrons. The molecule has 28 heavy (non-hydrogen) atoms. The maximum absolute atomic E-state index is 12.9. The maximum atomic E-state index is 12.9. The van der Waals surface area contributed by atoms with Gasteiger partial charge in [-0.1, -0.05) is 12.1 Å². The number of amides is 4. The Bertz CT molecular complexity index is 870. The lowest BCUT2D eigenvalue weighted by Crippen LogP contribution is -2.57. The first-order valence-corrected chi connectivity index (χ1v) is 8.89. The van der Waals surface area contributed by atoms with Crippen molar-refractivity contribution in [1.82, 2.24) is 9.80 Å². The number of nitrogens with zero attached hydrogens (tertiary/aromatic N) is 2. The van der Waals surface area contributed by atoms with E-state index in [1.54, 1.807) is 19.1 Å². The lowest BCUT2D eigenvalue weighted by molar-refractivity contribution is -0.188. The summed E-state index contributed by atoms with van der Waals surface area (Å²) in [7, 11) is 0. The standard InChI is InChI=1S/C19H18N2O7/c1-19(8-27-9-19)18(26)28-10-20-14(22)7-6-13(17(20)25)21-15(23)11-4-2-3-5-12(11)16(21)24/h2-5,13H,6-10H2,1H3. The molecule has 2 fully saturated rings. The summed E-state index contributed by atoms with van der Waals surface area (Å²) in [6.45, 7) is 1.54. The zero-order chi connectivity index (χ0) is 20.1. The smallest absolute Gasteiger partial charge is 0.318 e. The van der Waals surface area contributed by atoms with E-state index in [0.29, 0.717) is 0 Å². The minimum atomic E-state index is -1.11. The Morgan fingerprint density at radius 1 is 1.14 bits per heavy atom. The second kappa shape index (κ2) is 6.52. The van der Waals surface area contributed by atoms with E-state index < -0.39 is 47.8 Å². The fraction of sp³-hybridized carbons (Fsp3) is 0.421. The Morgan fingerprint density at radius 3 is 2.29 bits per heavy atom. The molecule has 0 N–H and O–H groups in total. The van der Waals surface area contributed by atoms with Crippen molar-refractivity contribution < 1.29 is 33.4 Å². The summed E-state index contributed by atoms with van der Waals surface area (Å²) in [6, 6.07) is 5.21. The molecule has 0 aliphatic carbocycles. The predicted octanol–water partition coefficient (Wildman–Crippen LogP) is 0.337. The number of esters is 1. The third-order valence-electron chi connectivity index (χ3n) is 5.28. The molecule has 3 aliphatic heterocycles. The highest BCUT2D eigenvalue weighted by Gasteiger charge is 2.48. The third kappa shape index (κ3) is 2.70. The van der Waals surface area contributed by atoms with Crippen LogP contribution in [-0.2, 0) is 23.9 Å². The van der Waals surface area contributed by atoms with Crippen LogP contribution >= 0.6 is 0 Å². The Balaban J connectivity index is 1.50. The molecule has 0 aromatic heterocycles. The van der Waals surface area contributed by atoms with Crippen LogP contribution in [0.2, 0.25) is 0 Å². The summed E-state index contributed by atoms with van der Waals surface area (Å²) in [5.41, 5.74) is -0.328. The summed E-state index contributed by atoms with van der Waals surface area (Å²) in [6.07, 6.45) is 0.000871. The van der Waals surface area contributed by atoms with Gasteiger partial charge in [-0.15, -0.1) is 0 Å². The van der Waals surface area contributed by atoms with Crippen molar-refractivity contribution in [3.05, 3.63) is 35.4 Å². The van der Waals surface area contributed by atoms with Crippen molar-refractivity contribution in [2.24, 2.45) is 5.41 Å². The number of fused-ring (bicyclic) bond motifs is 1. The Kier molecular flexibility index (Phi) is 4.26. The molecule has 9 heteroatoms. The number of benzene rings is 1. The predicted molar refractivity (Wildman–Crippen MR) is 91.7 cm³/mol. The number of piperidine rings is 1. The summed E-state index contributed by atoms with van der Waals surface area (Å²) in [4.78, 5) is 64.1. The van der Waals surface area contributed by atoms with Gasteiger partial charge in [0.15, 0.2) is 6.73 Å². The topological polar surface area (TPSA) is 110 Å².